The van der Waals surface area contributed by atoms with Gasteiger partial charge in [-0.3, -0.25) is 14.5 Å². The van der Waals surface area contributed by atoms with E-state index in [0.717, 1.165) is 15.8 Å². The lowest BCUT2D eigenvalue weighted by atomic mass is 9.95. The summed E-state index contributed by atoms with van der Waals surface area (Å²) in [6.45, 7) is 1.99. The first kappa shape index (κ1) is 20.9. The van der Waals surface area contributed by atoms with Crippen LogP contribution in [-0.2, 0) is 9.59 Å². The number of anilines is 1. The molecule has 0 spiro atoms. The number of hydrogen-bond donors (Lipinski definition) is 1. The predicted octanol–water partition coefficient (Wildman–Crippen LogP) is 5.24. The molecule has 0 saturated carbocycles. The number of thiazole rings is 1. The van der Waals surface area contributed by atoms with Crippen LogP contribution in [0.5, 0.6) is 5.75 Å². The van der Waals surface area contributed by atoms with Gasteiger partial charge in [0.05, 0.1) is 28.9 Å². The minimum Gasteiger partial charge on any atom is -0.507 e. The molecule has 33 heavy (non-hydrogen) atoms. The second-order valence-electron chi connectivity index (χ2n) is 7.78. The van der Waals surface area contributed by atoms with Crippen molar-refractivity contribution in [2.24, 2.45) is 0 Å². The number of carbonyl (C=O) groups excluding carboxylic acids is 2. The number of Topliss-reactive ketones (excluding diaryl/α,β-unsaturated/α-hetero) is 1. The number of methoxy groups -OCH3 is 1. The lowest BCUT2D eigenvalue weighted by molar-refractivity contribution is -0.132. The van der Waals surface area contributed by atoms with E-state index in [0.29, 0.717) is 22.0 Å². The van der Waals surface area contributed by atoms with Crippen LogP contribution in [0.25, 0.3) is 16.0 Å². The number of aliphatic hydroxyl groups excluding tert-OH is 1. The van der Waals surface area contributed by atoms with Crippen molar-refractivity contribution in [3.63, 3.8) is 0 Å². The summed E-state index contributed by atoms with van der Waals surface area (Å²) in [6, 6.07) is 20.9. The van der Waals surface area contributed by atoms with Crippen LogP contribution >= 0.6 is 11.3 Å². The molecule has 164 valence electrons. The van der Waals surface area contributed by atoms with Crippen LogP contribution in [0.15, 0.2) is 78.4 Å². The molecule has 1 saturated heterocycles. The van der Waals surface area contributed by atoms with Gasteiger partial charge in [0.1, 0.15) is 11.5 Å². The van der Waals surface area contributed by atoms with E-state index in [-0.39, 0.29) is 11.3 Å². The minimum atomic E-state index is -0.822. The summed E-state index contributed by atoms with van der Waals surface area (Å²) in [4.78, 5) is 32.5. The fourth-order valence-corrected chi connectivity index (χ4v) is 5.10. The van der Waals surface area contributed by atoms with E-state index in [1.165, 1.54) is 16.2 Å². The SMILES string of the molecule is COc1ccc([C@H]2/C(=C(\O)c3ccccc3)C(=O)C(=O)N2c2nc3ccc(C)cc3s2)cc1. The van der Waals surface area contributed by atoms with Crippen molar-refractivity contribution in [3.05, 3.63) is 95.1 Å². The lowest BCUT2D eigenvalue weighted by Gasteiger charge is -2.23. The van der Waals surface area contributed by atoms with Crippen molar-refractivity contribution in [1.29, 1.82) is 0 Å². The highest BCUT2D eigenvalue weighted by Crippen LogP contribution is 2.44. The van der Waals surface area contributed by atoms with Gasteiger partial charge in [-0.15, -0.1) is 0 Å². The van der Waals surface area contributed by atoms with Gasteiger partial charge in [0.2, 0.25) is 0 Å². The van der Waals surface area contributed by atoms with Gasteiger partial charge >= 0.3 is 5.91 Å². The molecule has 7 heteroatoms. The first-order valence-electron chi connectivity index (χ1n) is 10.4. The van der Waals surface area contributed by atoms with E-state index in [2.05, 4.69) is 4.98 Å². The largest absolute Gasteiger partial charge is 0.507 e. The van der Waals surface area contributed by atoms with E-state index in [1.807, 2.05) is 31.2 Å². The molecule has 1 aliphatic heterocycles. The number of ketones is 1. The number of hydrogen-bond acceptors (Lipinski definition) is 6. The van der Waals surface area contributed by atoms with Crippen LogP contribution in [0, 0.1) is 6.92 Å². The molecule has 5 rings (SSSR count). The van der Waals surface area contributed by atoms with Crippen LogP contribution in [0.2, 0.25) is 0 Å². The van der Waals surface area contributed by atoms with Gasteiger partial charge in [-0.2, -0.15) is 0 Å². The third kappa shape index (κ3) is 3.56. The van der Waals surface area contributed by atoms with Crippen molar-refractivity contribution in [1.82, 2.24) is 4.98 Å². The number of amides is 1. The molecule has 1 aliphatic rings. The summed E-state index contributed by atoms with van der Waals surface area (Å²) >= 11 is 1.34. The molecule has 1 aromatic heterocycles. The van der Waals surface area contributed by atoms with Crippen molar-refractivity contribution < 1.29 is 19.4 Å². The van der Waals surface area contributed by atoms with E-state index in [9.17, 15) is 14.7 Å². The number of benzene rings is 3. The Morgan fingerprint density at radius 3 is 2.45 bits per heavy atom. The molecule has 4 aromatic rings. The molecular formula is C26H20N2O4S. The summed E-state index contributed by atoms with van der Waals surface area (Å²) in [7, 11) is 1.57. The topological polar surface area (TPSA) is 79.7 Å². The molecule has 1 fully saturated rings. The molecule has 0 radical (unpaired) electrons. The Bertz CT molecular complexity index is 1410. The fourth-order valence-electron chi connectivity index (χ4n) is 4.01. The van der Waals surface area contributed by atoms with Crippen molar-refractivity contribution in [2.45, 2.75) is 13.0 Å². The Morgan fingerprint density at radius 2 is 1.76 bits per heavy atom. The Balaban J connectivity index is 1.72. The Kier molecular flexibility index (Phi) is 5.18. The molecule has 2 heterocycles. The molecule has 0 bridgehead atoms. The zero-order valence-corrected chi connectivity index (χ0v) is 18.8. The van der Waals surface area contributed by atoms with Crippen LogP contribution in [0.4, 0.5) is 5.13 Å². The first-order valence-corrected chi connectivity index (χ1v) is 11.2. The second-order valence-corrected chi connectivity index (χ2v) is 8.79. The highest BCUT2D eigenvalue weighted by molar-refractivity contribution is 7.22. The van der Waals surface area contributed by atoms with Crippen LogP contribution in [0.3, 0.4) is 0 Å². The molecule has 3 aromatic carbocycles. The van der Waals surface area contributed by atoms with Gasteiger partial charge in [0, 0.05) is 5.56 Å². The fraction of sp³-hybridized carbons (Fsp3) is 0.115. The predicted molar refractivity (Wildman–Crippen MR) is 129 cm³/mol. The highest BCUT2D eigenvalue weighted by atomic mass is 32.1. The molecule has 0 unspecified atom stereocenters. The maximum absolute atomic E-state index is 13.3. The zero-order chi connectivity index (χ0) is 23.1. The van der Waals surface area contributed by atoms with E-state index < -0.39 is 17.7 Å². The number of nitrogens with zero attached hydrogens (tertiary/aromatic N) is 2. The van der Waals surface area contributed by atoms with Gasteiger partial charge < -0.3 is 9.84 Å². The van der Waals surface area contributed by atoms with Gasteiger partial charge in [-0.25, -0.2) is 4.98 Å². The second kappa shape index (κ2) is 8.18. The monoisotopic (exact) mass is 456 g/mol. The van der Waals surface area contributed by atoms with E-state index in [1.54, 1.807) is 55.6 Å². The zero-order valence-electron chi connectivity index (χ0n) is 18.0. The third-order valence-electron chi connectivity index (χ3n) is 5.66. The van der Waals surface area contributed by atoms with Crippen molar-refractivity contribution in [3.8, 4) is 5.75 Å². The molecule has 1 N–H and O–H groups in total. The number of carbonyl (C=O) groups is 2. The molecule has 6 nitrogen and oxygen atoms in total. The average Bonchev–Trinajstić information content (AvgIpc) is 3.37. The summed E-state index contributed by atoms with van der Waals surface area (Å²) in [5.41, 5.74) is 3.00. The Labute approximate surface area is 194 Å². The van der Waals surface area contributed by atoms with E-state index in [4.69, 9.17) is 4.74 Å². The number of aryl methyl sites for hydroxylation is 1. The average molecular weight is 457 g/mol. The number of fused-ring (bicyclic) bond motifs is 1. The maximum Gasteiger partial charge on any atom is 0.301 e. The van der Waals surface area contributed by atoms with Gasteiger partial charge in [-0.1, -0.05) is 59.9 Å². The molecular weight excluding hydrogens is 436 g/mol. The smallest absolute Gasteiger partial charge is 0.301 e. The van der Waals surface area contributed by atoms with Crippen molar-refractivity contribution >= 4 is 44.1 Å². The van der Waals surface area contributed by atoms with Gasteiger partial charge in [-0.05, 0) is 42.3 Å². The van der Waals surface area contributed by atoms with Crippen LogP contribution in [-0.4, -0.2) is 28.9 Å². The van der Waals surface area contributed by atoms with Crippen LogP contribution < -0.4 is 9.64 Å². The van der Waals surface area contributed by atoms with Crippen molar-refractivity contribution in [2.75, 3.05) is 12.0 Å². The first-order chi connectivity index (χ1) is 16.0. The van der Waals surface area contributed by atoms with Gasteiger partial charge in [0.15, 0.2) is 5.13 Å². The summed E-state index contributed by atoms with van der Waals surface area (Å²) < 4.78 is 6.18. The molecule has 1 atom stereocenters. The summed E-state index contributed by atoms with van der Waals surface area (Å²) in [5, 5.41) is 11.5. The number of aromatic nitrogens is 1. The quantitative estimate of drug-likeness (QED) is 0.258. The standard InChI is InChI=1S/C26H20N2O4S/c1-15-8-13-19-20(14-15)33-26(27-19)28-22(16-9-11-18(32-2)12-10-16)21(24(30)25(28)31)23(29)17-6-4-3-5-7-17/h3-14,22,29H,1-2H3/b23-21+/t22-/m0/s1. The molecule has 0 aliphatic carbocycles. The number of ether oxygens (including phenoxy) is 1. The Morgan fingerprint density at radius 1 is 1.03 bits per heavy atom. The highest BCUT2D eigenvalue weighted by Gasteiger charge is 2.48. The summed E-state index contributed by atoms with van der Waals surface area (Å²) in [6.07, 6.45) is 0. The number of aliphatic hydroxyl groups is 1. The number of rotatable bonds is 4. The van der Waals surface area contributed by atoms with Gasteiger partial charge in [0.25, 0.3) is 5.78 Å². The lowest BCUT2D eigenvalue weighted by Crippen LogP contribution is -2.29. The minimum absolute atomic E-state index is 0.0341. The normalized spacial score (nSPS) is 17.6. The summed E-state index contributed by atoms with van der Waals surface area (Å²) in [5.74, 6) is -1.03. The van der Waals surface area contributed by atoms with E-state index >= 15 is 0 Å². The Hall–Kier alpha value is -3.97. The molecule has 1 amide bonds. The van der Waals surface area contributed by atoms with Crippen LogP contribution in [0.1, 0.15) is 22.7 Å². The maximum atomic E-state index is 13.3. The third-order valence-corrected chi connectivity index (χ3v) is 6.68.